The minimum atomic E-state index is 0.364. The zero-order chi connectivity index (χ0) is 6.97. The molecule has 3 atom stereocenters. The van der Waals surface area contributed by atoms with Gasteiger partial charge in [-0.1, -0.05) is 0 Å². The van der Waals surface area contributed by atoms with Crippen molar-refractivity contribution in [1.29, 1.82) is 5.26 Å². The van der Waals surface area contributed by atoms with Crippen LogP contribution < -0.4 is 5.32 Å². The second kappa shape index (κ2) is 2.25. The molecule has 0 aromatic carbocycles. The number of nitriles is 1. The van der Waals surface area contributed by atoms with Crippen LogP contribution >= 0.6 is 0 Å². The second-order valence-corrected chi connectivity index (χ2v) is 3.41. The minimum Gasteiger partial charge on any atom is -0.313 e. The molecule has 1 aliphatic carbocycles. The molecule has 3 unspecified atom stereocenters. The van der Waals surface area contributed by atoms with Crippen molar-refractivity contribution in [2.45, 2.75) is 25.3 Å². The van der Waals surface area contributed by atoms with Gasteiger partial charge in [0, 0.05) is 12.0 Å². The zero-order valence-electron chi connectivity index (χ0n) is 6.01. The first-order valence-electron chi connectivity index (χ1n) is 4.03. The van der Waals surface area contributed by atoms with Gasteiger partial charge >= 0.3 is 0 Å². The van der Waals surface area contributed by atoms with E-state index in [0.717, 1.165) is 31.3 Å². The number of rotatable bonds is 0. The van der Waals surface area contributed by atoms with Crippen LogP contribution in [-0.2, 0) is 0 Å². The molecule has 0 bridgehead atoms. The average Bonchev–Trinajstić information content (AvgIpc) is 1.92. The first-order valence-corrected chi connectivity index (χ1v) is 4.03. The van der Waals surface area contributed by atoms with Gasteiger partial charge in [0.2, 0.25) is 0 Å². The summed E-state index contributed by atoms with van der Waals surface area (Å²) in [4.78, 5) is 0. The molecule has 0 aromatic rings. The molecule has 0 spiro atoms. The molecule has 2 aliphatic rings. The van der Waals surface area contributed by atoms with Crippen LogP contribution in [0.5, 0.6) is 0 Å². The number of fused-ring (bicyclic) bond motifs is 1. The lowest BCUT2D eigenvalue weighted by molar-refractivity contribution is 0.144. The van der Waals surface area contributed by atoms with Crippen LogP contribution in [-0.4, -0.2) is 12.6 Å². The lowest BCUT2D eigenvalue weighted by Crippen LogP contribution is -2.55. The molecule has 2 heteroatoms. The van der Waals surface area contributed by atoms with E-state index in [1.54, 1.807) is 0 Å². The van der Waals surface area contributed by atoms with Gasteiger partial charge in [-0.05, 0) is 31.7 Å². The van der Waals surface area contributed by atoms with Gasteiger partial charge in [-0.25, -0.2) is 0 Å². The number of nitrogens with zero attached hydrogens (tertiary/aromatic N) is 1. The Morgan fingerprint density at radius 2 is 2.30 bits per heavy atom. The summed E-state index contributed by atoms with van der Waals surface area (Å²) in [5.74, 6) is 1.20. The Hall–Kier alpha value is -0.550. The molecule has 54 valence electrons. The summed E-state index contributed by atoms with van der Waals surface area (Å²) in [5.41, 5.74) is 0. The Bertz CT molecular complexity index is 171. The van der Waals surface area contributed by atoms with Crippen molar-refractivity contribution in [1.82, 2.24) is 5.32 Å². The van der Waals surface area contributed by atoms with Crippen molar-refractivity contribution in [2.75, 3.05) is 6.54 Å². The lowest BCUT2D eigenvalue weighted by atomic mass is 9.74. The van der Waals surface area contributed by atoms with Crippen molar-refractivity contribution >= 4 is 0 Å². The summed E-state index contributed by atoms with van der Waals surface area (Å²) in [6.45, 7) is 1.16. The Kier molecular flexibility index (Phi) is 1.39. The van der Waals surface area contributed by atoms with Gasteiger partial charge in [0.15, 0.2) is 0 Å². The van der Waals surface area contributed by atoms with Crippen molar-refractivity contribution in [3.63, 3.8) is 0 Å². The van der Waals surface area contributed by atoms with Crippen LogP contribution in [0.3, 0.4) is 0 Å². The van der Waals surface area contributed by atoms with Crippen LogP contribution in [0, 0.1) is 23.2 Å². The highest BCUT2D eigenvalue weighted by atomic mass is 15.0. The maximum absolute atomic E-state index is 8.65. The summed E-state index contributed by atoms with van der Waals surface area (Å²) >= 11 is 0. The van der Waals surface area contributed by atoms with Crippen LogP contribution in [0.1, 0.15) is 19.3 Å². The van der Waals surface area contributed by atoms with Crippen LogP contribution in [0.2, 0.25) is 0 Å². The Morgan fingerprint density at radius 3 is 2.80 bits per heavy atom. The SMILES string of the molecule is N#CC1CCC2NCC2C1. The summed E-state index contributed by atoms with van der Waals surface area (Å²) in [6.07, 6.45) is 3.49. The molecule has 1 saturated carbocycles. The Balaban J connectivity index is 1.93. The third-order valence-electron chi connectivity index (χ3n) is 2.81. The predicted molar refractivity (Wildman–Crippen MR) is 38.2 cm³/mol. The first kappa shape index (κ1) is 6.18. The molecular weight excluding hydrogens is 124 g/mol. The van der Waals surface area contributed by atoms with Gasteiger partial charge < -0.3 is 5.32 Å². The fourth-order valence-corrected chi connectivity index (χ4v) is 2.02. The minimum absolute atomic E-state index is 0.364. The molecule has 2 rings (SSSR count). The molecule has 0 amide bonds. The van der Waals surface area contributed by atoms with E-state index in [2.05, 4.69) is 11.4 Å². The third kappa shape index (κ3) is 0.819. The fourth-order valence-electron chi connectivity index (χ4n) is 2.02. The predicted octanol–water partition coefficient (Wildman–Crippen LogP) is 0.898. The van der Waals surface area contributed by atoms with Gasteiger partial charge in [0.1, 0.15) is 0 Å². The highest BCUT2D eigenvalue weighted by Gasteiger charge is 2.36. The number of nitrogens with one attached hydrogen (secondary N) is 1. The topological polar surface area (TPSA) is 35.8 Å². The standard InChI is InChI=1S/C8H12N2/c9-4-6-1-2-8-7(3-6)5-10-8/h6-8,10H,1-3,5H2. The molecule has 1 heterocycles. The van der Waals surface area contributed by atoms with E-state index in [4.69, 9.17) is 5.26 Å². The smallest absolute Gasteiger partial charge is 0.0655 e. The summed E-state index contributed by atoms with van der Waals surface area (Å²) in [6, 6.07) is 3.13. The van der Waals surface area contributed by atoms with E-state index < -0.39 is 0 Å². The Labute approximate surface area is 61.2 Å². The summed E-state index contributed by atoms with van der Waals surface area (Å²) < 4.78 is 0. The van der Waals surface area contributed by atoms with Crippen molar-refractivity contribution in [3.8, 4) is 6.07 Å². The fraction of sp³-hybridized carbons (Fsp3) is 0.875. The quantitative estimate of drug-likeness (QED) is 0.537. The molecule has 2 nitrogen and oxygen atoms in total. The molecule has 0 radical (unpaired) electrons. The lowest BCUT2D eigenvalue weighted by Gasteiger charge is -2.43. The maximum Gasteiger partial charge on any atom is 0.0655 e. The van der Waals surface area contributed by atoms with Crippen molar-refractivity contribution in [2.24, 2.45) is 11.8 Å². The largest absolute Gasteiger partial charge is 0.313 e. The van der Waals surface area contributed by atoms with E-state index in [0.29, 0.717) is 5.92 Å². The zero-order valence-corrected chi connectivity index (χ0v) is 6.01. The van der Waals surface area contributed by atoms with Gasteiger partial charge in [-0.3, -0.25) is 0 Å². The average molecular weight is 136 g/mol. The third-order valence-corrected chi connectivity index (χ3v) is 2.81. The molecular formula is C8H12N2. The van der Waals surface area contributed by atoms with Gasteiger partial charge in [-0.15, -0.1) is 0 Å². The number of hydrogen-bond acceptors (Lipinski definition) is 2. The van der Waals surface area contributed by atoms with Crippen LogP contribution in [0.4, 0.5) is 0 Å². The summed E-state index contributed by atoms with van der Waals surface area (Å²) in [5, 5.41) is 12.0. The molecule has 1 aliphatic heterocycles. The van der Waals surface area contributed by atoms with E-state index in [1.165, 1.54) is 6.42 Å². The van der Waals surface area contributed by atoms with Crippen LogP contribution in [0.15, 0.2) is 0 Å². The van der Waals surface area contributed by atoms with Crippen molar-refractivity contribution < 1.29 is 0 Å². The molecule has 0 aromatic heterocycles. The molecule has 10 heavy (non-hydrogen) atoms. The highest BCUT2D eigenvalue weighted by Crippen LogP contribution is 2.33. The first-order chi connectivity index (χ1) is 4.90. The summed E-state index contributed by atoms with van der Waals surface area (Å²) in [7, 11) is 0. The van der Waals surface area contributed by atoms with Gasteiger partial charge in [0.05, 0.1) is 6.07 Å². The highest BCUT2D eigenvalue weighted by molar-refractivity contribution is 4.98. The normalized spacial score (nSPS) is 44.9. The van der Waals surface area contributed by atoms with Crippen LogP contribution in [0.25, 0.3) is 0 Å². The maximum atomic E-state index is 8.65. The molecule has 1 saturated heterocycles. The van der Waals surface area contributed by atoms with Crippen molar-refractivity contribution in [3.05, 3.63) is 0 Å². The second-order valence-electron chi connectivity index (χ2n) is 3.41. The van der Waals surface area contributed by atoms with Gasteiger partial charge in [-0.2, -0.15) is 5.26 Å². The number of hydrogen-bond donors (Lipinski definition) is 1. The Morgan fingerprint density at radius 1 is 1.40 bits per heavy atom. The van der Waals surface area contributed by atoms with E-state index in [-0.39, 0.29) is 0 Å². The van der Waals surface area contributed by atoms with E-state index in [1.807, 2.05) is 0 Å². The molecule has 2 fully saturated rings. The van der Waals surface area contributed by atoms with E-state index in [9.17, 15) is 0 Å². The van der Waals surface area contributed by atoms with E-state index >= 15 is 0 Å². The monoisotopic (exact) mass is 136 g/mol. The van der Waals surface area contributed by atoms with Gasteiger partial charge in [0.25, 0.3) is 0 Å². The molecule has 1 N–H and O–H groups in total.